The summed E-state index contributed by atoms with van der Waals surface area (Å²) in [5.74, 6) is 0.485. The van der Waals surface area contributed by atoms with Gasteiger partial charge in [-0.3, -0.25) is 4.79 Å². The molecule has 1 heterocycles. The fraction of sp³-hybridized carbons (Fsp3) is 0.192. The Balaban J connectivity index is 1.61. The van der Waals surface area contributed by atoms with Crippen LogP contribution in [0.5, 0.6) is 0 Å². The molecule has 0 spiro atoms. The first-order valence-electron chi connectivity index (χ1n) is 9.94. The van der Waals surface area contributed by atoms with Gasteiger partial charge in [-0.05, 0) is 36.0 Å². The fourth-order valence-electron chi connectivity index (χ4n) is 3.96. The minimum absolute atomic E-state index is 0.133. The lowest BCUT2D eigenvalue weighted by Crippen LogP contribution is -2.14. The van der Waals surface area contributed by atoms with E-state index in [1.54, 1.807) is 0 Å². The van der Waals surface area contributed by atoms with Crippen LogP contribution in [-0.4, -0.2) is 10.8 Å². The van der Waals surface area contributed by atoms with Crippen molar-refractivity contribution in [2.24, 2.45) is 0 Å². The van der Waals surface area contributed by atoms with Crippen LogP contribution in [0.4, 0.5) is 0 Å². The Hall–Kier alpha value is -3.13. The van der Waals surface area contributed by atoms with E-state index in [-0.39, 0.29) is 11.7 Å². The van der Waals surface area contributed by atoms with Crippen LogP contribution in [0.2, 0.25) is 0 Å². The molecule has 0 fully saturated rings. The number of para-hydroxylation sites is 1. The molecule has 2 heteroatoms. The average molecular weight is 367 g/mol. The van der Waals surface area contributed by atoms with Crippen LogP contribution in [0.25, 0.3) is 10.9 Å². The Kier molecular flexibility index (Phi) is 5.38. The van der Waals surface area contributed by atoms with Gasteiger partial charge in [0.1, 0.15) is 0 Å². The molecule has 0 aliphatic rings. The van der Waals surface area contributed by atoms with Crippen LogP contribution in [0, 0.1) is 0 Å². The van der Waals surface area contributed by atoms with E-state index < -0.39 is 0 Å². The highest BCUT2D eigenvalue weighted by Crippen LogP contribution is 2.32. The maximum absolute atomic E-state index is 13.5. The standard InChI is InChI=1S/C26H25NO/c1-19(20-10-4-2-5-11-20)16-17-22(21-12-6-3-7-13-21)26(28)24-18-27-25-15-9-8-14-23(24)25/h2-15,18-19,22,27H,16-17H2,1H3/t19?,22-/m1/s1. The lowest BCUT2D eigenvalue weighted by Gasteiger charge is -2.19. The third-order valence-corrected chi connectivity index (χ3v) is 5.63. The van der Waals surface area contributed by atoms with E-state index in [2.05, 4.69) is 48.3 Å². The molecule has 3 aromatic carbocycles. The Morgan fingerprint density at radius 2 is 1.39 bits per heavy atom. The Morgan fingerprint density at radius 3 is 2.11 bits per heavy atom. The highest BCUT2D eigenvalue weighted by molar-refractivity contribution is 6.10. The van der Waals surface area contributed by atoms with E-state index in [4.69, 9.17) is 0 Å². The monoisotopic (exact) mass is 367 g/mol. The summed E-state index contributed by atoms with van der Waals surface area (Å²) < 4.78 is 0. The Labute approximate surface area is 166 Å². The first kappa shape index (κ1) is 18.2. The van der Waals surface area contributed by atoms with Crippen molar-refractivity contribution < 1.29 is 4.79 Å². The summed E-state index contributed by atoms with van der Waals surface area (Å²) in [5, 5.41) is 1.00. The highest BCUT2D eigenvalue weighted by atomic mass is 16.1. The summed E-state index contributed by atoms with van der Waals surface area (Å²) in [4.78, 5) is 16.8. The predicted molar refractivity (Wildman–Crippen MR) is 116 cm³/mol. The number of hydrogen-bond donors (Lipinski definition) is 1. The van der Waals surface area contributed by atoms with Crippen molar-refractivity contribution in [1.82, 2.24) is 4.98 Å². The van der Waals surface area contributed by atoms with Crippen LogP contribution >= 0.6 is 0 Å². The molecule has 2 nitrogen and oxygen atoms in total. The Bertz CT molecular complexity index is 1050. The third kappa shape index (κ3) is 3.77. The van der Waals surface area contributed by atoms with Crippen molar-refractivity contribution in [2.45, 2.75) is 31.6 Å². The summed E-state index contributed by atoms with van der Waals surface area (Å²) in [6, 6.07) is 28.8. The number of rotatable bonds is 7. The van der Waals surface area contributed by atoms with E-state index >= 15 is 0 Å². The molecular formula is C26H25NO. The van der Waals surface area contributed by atoms with Gasteiger partial charge in [0.15, 0.2) is 5.78 Å². The number of H-pyrrole nitrogens is 1. The minimum Gasteiger partial charge on any atom is -0.360 e. The molecule has 1 aromatic heterocycles. The minimum atomic E-state index is -0.133. The molecule has 4 rings (SSSR count). The Morgan fingerprint density at radius 1 is 0.786 bits per heavy atom. The number of aromatic amines is 1. The van der Waals surface area contributed by atoms with Gasteiger partial charge in [0, 0.05) is 28.6 Å². The van der Waals surface area contributed by atoms with Crippen molar-refractivity contribution in [3.05, 3.63) is 108 Å². The zero-order valence-electron chi connectivity index (χ0n) is 16.1. The van der Waals surface area contributed by atoms with Gasteiger partial charge in [-0.15, -0.1) is 0 Å². The lowest BCUT2D eigenvalue weighted by molar-refractivity contribution is 0.0955. The molecule has 28 heavy (non-hydrogen) atoms. The SMILES string of the molecule is CC(CC[C@@H](C(=O)c1c[nH]c2ccccc12)c1ccccc1)c1ccccc1. The van der Waals surface area contributed by atoms with E-state index in [0.29, 0.717) is 5.92 Å². The maximum Gasteiger partial charge on any atom is 0.172 e. The van der Waals surface area contributed by atoms with Gasteiger partial charge < -0.3 is 4.98 Å². The summed E-state index contributed by atoms with van der Waals surface area (Å²) in [6.45, 7) is 2.24. The molecule has 0 aliphatic heterocycles. The van der Waals surface area contributed by atoms with Crippen molar-refractivity contribution in [3.8, 4) is 0 Å². The second-order valence-electron chi connectivity index (χ2n) is 7.46. The van der Waals surface area contributed by atoms with E-state index in [9.17, 15) is 4.79 Å². The first-order valence-corrected chi connectivity index (χ1v) is 9.94. The van der Waals surface area contributed by atoms with Crippen LogP contribution in [0.15, 0.2) is 91.1 Å². The van der Waals surface area contributed by atoms with E-state index in [1.807, 2.05) is 54.7 Å². The predicted octanol–water partition coefficient (Wildman–Crippen LogP) is 6.72. The number of benzene rings is 3. The fourth-order valence-corrected chi connectivity index (χ4v) is 3.96. The number of nitrogens with one attached hydrogen (secondary N) is 1. The molecule has 1 N–H and O–H groups in total. The quantitative estimate of drug-likeness (QED) is 0.361. The molecule has 2 atom stereocenters. The smallest absolute Gasteiger partial charge is 0.172 e. The van der Waals surface area contributed by atoms with Gasteiger partial charge in [-0.2, -0.15) is 0 Å². The molecule has 0 aliphatic carbocycles. The second kappa shape index (κ2) is 8.26. The number of hydrogen-bond acceptors (Lipinski definition) is 1. The number of Topliss-reactive ketones (excluding diaryl/α,β-unsaturated/α-hetero) is 1. The van der Waals surface area contributed by atoms with Gasteiger partial charge in [-0.25, -0.2) is 0 Å². The molecule has 0 saturated heterocycles. The summed E-state index contributed by atoms with van der Waals surface area (Å²) in [7, 11) is 0. The van der Waals surface area contributed by atoms with Crippen molar-refractivity contribution in [3.63, 3.8) is 0 Å². The normalized spacial score (nSPS) is 13.3. The van der Waals surface area contributed by atoms with Crippen molar-refractivity contribution >= 4 is 16.7 Å². The van der Waals surface area contributed by atoms with Gasteiger partial charge >= 0.3 is 0 Å². The van der Waals surface area contributed by atoms with Gasteiger partial charge in [0.25, 0.3) is 0 Å². The largest absolute Gasteiger partial charge is 0.360 e. The average Bonchev–Trinajstić information content (AvgIpc) is 3.19. The molecular weight excluding hydrogens is 342 g/mol. The molecule has 4 aromatic rings. The third-order valence-electron chi connectivity index (χ3n) is 5.63. The van der Waals surface area contributed by atoms with Crippen LogP contribution < -0.4 is 0 Å². The highest BCUT2D eigenvalue weighted by Gasteiger charge is 2.25. The summed E-state index contributed by atoms with van der Waals surface area (Å²) in [6.07, 6.45) is 3.67. The van der Waals surface area contributed by atoms with Crippen LogP contribution in [0.3, 0.4) is 0 Å². The molecule has 0 bridgehead atoms. The number of carbonyl (C=O) groups excluding carboxylic acids is 1. The van der Waals surface area contributed by atoms with E-state index in [0.717, 1.165) is 34.9 Å². The maximum atomic E-state index is 13.5. The lowest BCUT2D eigenvalue weighted by atomic mass is 9.83. The number of fused-ring (bicyclic) bond motifs is 1. The van der Waals surface area contributed by atoms with E-state index in [1.165, 1.54) is 5.56 Å². The van der Waals surface area contributed by atoms with Crippen molar-refractivity contribution in [1.29, 1.82) is 0 Å². The van der Waals surface area contributed by atoms with Crippen LogP contribution in [0.1, 0.15) is 53.1 Å². The first-order chi connectivity index (χ1) is 13.7. The molecule has 0 saturated carbocycles. The van der Waals surface area contributed by atoms with Crippen molar-refractivity contribution in [2.75, 3.05) is 0 Å². The summed E-state index contributed by atoms with van der Waals surface area (Å²) in [5.41, 5.74) is 4.22. The number of ketones is 1. The zero-order valence-corrected chi connectivity index (χ0v) is 16.1. The molecule has 0 radical (unpaired) electrons. The number of carbonyl (C=O) groups is 1. The van der Waals surface area contributed by atoms with Gasteiger partial charge in [0.05, 0.1) is 0 Å². The molecule has 1 unspecified atom stereocenters. The van der Waals surface area contributed by atoms with Crippen LogP contribution in [-0.2, 0) is 0 Å². The van der Waals surface area contributed by atoms with Gasteiger partial charge in [0.2, 0.25) is 0 Å². The molecule has 140 valence electrons. The summed E-state index contributed by atoms with van der Waals surface area (Å²) >= 11 is 0. The van der Waals surface area contributed by atoms with Gasteiger partial charge in [-0.1, -0.05) is 85.8 Å². The number of aromatic nitrogens is 1. The second-order valence-corrected chi connectivity index (χ2v) is 7.46. The topological polar surface area (TPSA) is 32.9 Å². The molecule has 0 amide bonds. The zero-order chi connectivity index (χ0) is 19.3.